The van der Waals surface area contributed by atoms with Crippen molar-refractivity contribution >= 4 is 17.3 Å². The van der Waals surface area contributed by atoms with Gasteiger partial charge in [0.25, 0.3) is 0 Å². The van der Waals surface area contributed by atoms with Crippen LogP contribution in [0.4, 0.5) is 5.69 Å². The van der Waals surface area contributed by atoms with Crippen molar-refractivity contribution in [3.05, 3.63) is 17.7 Å². The van der Waals surface area contributed by atoms with Crippen molar-refractivity contribution in [2.75, 3.05) is 38.1 Å². The van der Waals surface area contributed by atoms with Crippen LogP contribution in [0.1, 0.15) is 37.7 Å². The maximum absolute atomic E-state index is 6.07. The third-order valence-electron chi connectivity index (χ3n) is 3.57. The molecule has 1 aliphatic rings. The molecule has 0 spiro atoms. The Bertz CT molecular complexity index is 422. The number of hydrogen-bond acceptors (Lipinski definition) is 4. The van der Waals surface area contributed by atoms with Gasteiger partial charge < -0.3 is 9.80 Å². The van der Waals surface area contributed by atoms with Gasteiger partial charge in [-0.2, -0.15) is 0 Å². The first-order valence-electron chi connectivity index (χ1n) is 6.97. The molecule has 0 N–H and O–H groups in total. The molecule has 0 unspecified atom stereocenters. The SMILES string of the molecule is CC(C)c1ncc(N2CCCN(C)CC2)c(CCl)n1. The van der Waals surface area contributed by atoms with Crippen LogP contribution in [0.15, 0.2) is 6.20 Å². The molecular weight excluding hydrogens is 260 g/mol. The highest BCUT2D eigenvalue weighted by Crippen LogP contribution is 2.23. The molecule has 106 valence electrons. The van der Waals surface area contributed by atoms with Gasteiger partial charge >= 0.3 is 0 Å². The smallest absolute Gasteiger partial charge is 0.131 e. The summed E-state index contributed by atoms with van der Waals surface area (Å²) in [6, 6.07) is 0. The van der Waals surface area contributed by atoms with Crippen LogP contribution in [0.25, 0.3) is 0 Å². The topological polar surface area (TPSA) is 32.3 Å². The van der Waals surface area contributed by atoms with Gasteiger partial charge in [0.2, 0.25) is 0 Å². The van der Waals surface area contributed by atoms with E-state index in [-0.39, 0.29) is 0 Å². The molecule has 1 aromatic heterocycles. The van der Waals surface area contributed by atoms with Crippen LogP contribution >= 0.6 is 11.6 Å². The molecule has 0 saturated carbocycles. The third-order valence-corrected chi connectivity index (χ3v) is 3.82. The molecular formula is C14H23ClN4. The van der Waals surface area contributed by atoms with Crippen molar-refractivity contribution in [2.24, 2.45) is 0 Å². The molecule has 0 radical (unpaired) electrons. The van der Waals surface area contributed by atoms with Crippen molar-refractivity contribution in [3.63, 3.8) is 0 Å². The molecule has 19 heavy (non-hydrogen) atoms. The Morgan fingerprint density at radius 3 is 2.74 bits per heavy atom. The maximum atomic E-state index is 6.07. The minimum absolute atomic E-state index is 0.339. The maximum Gasteiger partial charge on any atom is 0.131 e. The normalized spacial score (nSPS) is 17.8. The van der Waals surface area contributed by atoms with Crippen molar-refractivity contribution in [2.45, 2.75) is 32.1 Å². The fourth-order valence-electron chi connectivity index (χ4n) is 2.35. The number of hydrogen-bond donors (Lipinski definition) is 0. The van der Waals surface area contributed by atoms with Crippen molar-refractivity contribution in [3.8, 4) is 0 Å². The molecule has 0 amide bonds. The van der Waals surface area contributed by atoms with Gasteiger partial charge in [-0.15, -0.1) is 11.6 Å². The van der Waals surface area contributed by atoms with Crippen molar-refractivity contribution < 1.29 is 0 Å². The molecule has 5 heteroatoms. The first-order valence-corrected chi connectivity index (χ1v) is 7.50. The van der Waals surface area contributed by atoms with Crippen LogP contribution in [0, 0.1) is 0 Å². The highest BCUT2D eigenvalue weighted by atomic mass is 35.5. The Balaban J connectivity index is 2.23. The summed E-state index contributed by atoms with van der Waals surface area (Å²) in [5.41, 5.74) is 2.07. The summed E-state index contributed by atoms with van der Waals surface area (Å²) >= 11 is 6.07. The summed E-state index contributed by atoms with van der Waals surface area (Å²) in [7, 11) is 2.17. The monoisotopic (exact) mass is 282 g/mol. The molecule has 1 fully saturated rings. The van der Waals surface area contributed by atoms with Crippen LogP contribution in [-0.2, 0) is 5.88 Å². The van der Waals surface area contributed by atoms with E-state index in [1.165, 1.54) is 6.42 Å². The Morgan fingerprint density at radius 2 is 2.05 bits per heavy atom. The second-order valence-electron chi connectivity index (χ2n) is 5.49. The number of rotatable bonds is 3. The van der Waals surface area contributed by atoms with E-state index < -0.39 is 0 Å². The molecule has 2 heterocycles. The van der Waals surface area contributed by atoms with Gasteiger partial charge in [-0.25, -0.2) is 9.97 Å². The number of likely N-dealkylation sites (N-methyl/N-ethyl adjacent to an activating group) is 1. The molecule has 0 aliphatic carbocycles. The fraction of sp³-hybridized carbons (Fsp3) is 0.714. The molecule has 1 aliphatic heterocycles. The van der Waals surface area contributed by atoms with Crippen LogP contribution < -0.4 is 4.90 Å². The average molecular weight is 283 g/mol. The summed E-state index contributed by atoms with van der Waals surface area (Å²) in [6.07, 6.45) is 3.12. The van der Waals surface area contributed by atoms with Crippen LogP contribution in [0.5, 0.6) is 0 Å². The molecule has 0 bridgehead atoms. The van der Waals surface area contributed by atoms with Crippen LogP contribution in [0.3, 0.4) is 0 Å². The number of aromatic nitrogens is 2. The van der Waals surface area contributed by atoms with Crippen LogP contribution in [-0.4, -0.2) is 48.1 Å². The predicted molar refractivity (Wildman–Crippen MR) is 80.0 cm³/mol. The molecule has 1 aromatic rings. The Hall–Kier alpha value is -0.870. The minimum Gasteiger partial charge on any atom is -0.367 e. The summed E-state index contributed by atoms with van der Waals surface area (Å²) < 4.78 is 0. The zero-order valence-electron chi connectivity index (χ0n) is 12.1. The average Bonchev–Trinajstić information content (AvgIpc) is 2.62. The lowest BCUT2D eigenvalue weighted by Gasteiger charge is -2.24. The zero-order chi connectivity index (χ0) is 13.8. The van der Waals surface area contributed by atoms with E-state index in [1.807, 2.05) is 6.20 Å². The van der Waals surface area contributed by atoms with Gasteiger partial charge in [0.15, 0.2) is 0 Å². The van der Waals surface area contributed by atoms with Gasteiger partial charge in [0.05, 0.1) is 23.5 Å². The molecule has 0 aromatic carbocycles. The highest BCUT2D eigenvalue weighted by molar-refractivity contribution is 6.17. The van der Waals surface area contributed by atoms with E-state index >= 15 is 0 Å². The lowest BCUT2D eigenvalue weighted by Crippen LogP contribution is -2.30. The van der Waals surface area contributed by atoms with Crippen LogP contribution in [0.2, 0.25) is 0 Å². The molecule has 4 nitrogen and oxygen atoms in total. The number of anilines is 1. The fourth-order valence-corrected chi connectivity index (χ4v) is 2.55. The van der Waals surface area contributed by atoms with E-state index in [2.05, 4.69) is 40.7 Å². The minimum atomic E-state index is 0.339. The van der Waals surface area contributed by atoms with Gasteiger partial charge in [0, 0.05) is 25.6 Å². The lowest BCUT2D eigenvalue weighted by atomic mass is 10.2. The zero-order valence-corrected chi connectivity index (χ0v) is 12.8. The Labute approximate surface area is 120 Å². The Kier molecular flexibility index (Phi) is 4.99. The number of alkyl halides is 1. The predicted octanol–water partition coefficient (Wildman–Crippen LogP) is 2.48. The van der Waals surface area contributed by atoms with E-state index in [4.69, 9.17) is 11.6 Å². The van der Waals surface area contributed by atoms with Crippen molar-refractivity contribution in [1.82, 2.24) is 14.9 Å². The third kappa shape index (κ3) is 3.57. The second kappa shape index (κ2) is 6.53. The Morgan fingerprint density at radius 1 is 1.26 bits per heavy atom. The number of nitrogens with zero attached hydrogens (tertiary/aromatic N) is 4. The molecule has 2 rings (SSSR count). The summed E-state index contributed by atoms with van der Waals surface area (Å²) in [6.45, 7) is 8.51. The van der Waals surface area contributed by atoms with E-state index in [0.717, 1.165) is 43.4 Å². The van der Waals surface area contributed by atoms with Gasteiger partial charge in [0.1, 0.15) is 5.82 Å². The lowest BCUT2D eigenvalue weighted by molar-refractivity contribution is 0.360. The summed E-state index contributed by atoms with van der Waals surface area (Å²) in [5.74, 6) is 1.67. The van der Waals surface area contributed by atoms with E-state index in [1.54, 1.807) is 0 Å². The largest absolute Gasteiger partial charge is 0.367 e. The second-order valence-corrected chi connectivity index (χ2v) is 5.76. The van der Waals surface area contributed by atoms with Gasteiger partial charge in [-0.1, -0.05) is 13.8 Å². The summed E-state index contributed by atoms with van der Waals surface area (Å²) in [5, 5.41) is 0. The van der Waals surface area contributed by atoms with E-state index in [0.29, 0.717) is 11.8 Å². The highest BCUT2D eigenvalue weighted by Gasteiger charge is 2.17. The van der Waals surface area contributed by atoms with Gasteiger partial charge in [-0.3, -0.25) is 0 Å². The number of halogens is 1. The molecule has 1 saturated heterocycles. The summed E-state index contributed by atoms with van der Waals surface area (Å²) in [4.78, 5) is 13.8. The quantitative estimate of drug-likeness (QED) is 0.798. The molecule has 0 atom stereocenters. The first kappa shape index (κ1) is 14.5. The van der Waals surface area contributed by atoms with Crippen molar-refractivity contribution in [1.29, 1.82) is 0 Å². The van der Waals surface area contributed by atoms with E-state index in [9.17, 15) is 0 Å². The standard InChI is InChI=1S/C14H23ClN4/c1-11(2)14-16-10-13(12(9-15)17-14)19-6-4-5-18(3)7-8-19/h10-11H,4-9H2,1-3H3. The first-order chi connectivity index (χ1) is 9.11. The van der Waals surface area contributed by atoms with Gasteiger partial charge in [-0.05, 0) is 20.0 Å².